The third-order valence-corrected chi connectivity index (χ3v) is 10.1. The third-order valence-electron chi connectivity index (χ3n) is 10.1. The lowest BCUT2D eigenvalue weighted by molar-refractivity contribution is -0.167. The van der Waals surface area contributed by atoms with Crippen molar-refractivity contribution in [2.24, 2.45) is 0 Å². The first-order chi connectivity index (χ1) is 30.0. The van der Waals surface area contributed by atoms with Crippen molar-refractivity contribution in [3.05, 3.63) is 97.2 Å². The molecule has 0 rings (SSSR count). The topological polar surface area (TPSA) is 78.9 Å². The van der Waals surface area contributed by atoms with E-state index in [4.69, 9.17) is 14.2 Å². The van der Waals surface area contributed by atoms with Gasteiger partial charge in [0.05, 0.1) is 0 Å². The summed E-state index contributed by atoms with van der Waals surface area (Å²) >= 11 is 0. The molecule has 0 aliphatic carbocycles. The van der Waals surface area contributed by atoms with Crippen molar-refractivity contribution in [3.63, 3.8) is 0 Å². The molecule has 0 radical (unpaired) electrons. The van der Waals surface area contributed by atoms with Crippen molar-refractivity contribution in [1.82, 2.24) is 0 Å². The zero-order valence-corrected chi connectivity index (χ0v) is 39.4. The molecule has 0 aromatic rings. The van der Waals surface area contributed by atoms with Crippen LogP contribution in [0.15, 0.2) is 97.2 Å². The smallest absolute Gasteiger partial charge is 0.306 e. The van der Waals surface area contributed by atoms with E-state index in [0.29, 0.717) is 19.3 Å². The van der Waals surface area contributed by atoms with E-state index in [1.54, 1.807) is 0 Å². The van der Waals surface area contributed by atoms with E-state index in [1.165, 1.54) is 38.5 Å². The molecule has 6 heteroatoms. The van der Waals surface area contributed by atoms with Crippen LogP contribution in [0, 0.1) is 0 Å². The van der Waals surface area contributed by atoms with Gasteiger partial charge in [0.1, 0.15) is 13.2 Å². The number of unbranched alkanes of at least 4 members (excludes halogenated alkanes) is 16. The average molecular weight is 847 g/mol. The third kappa shape index (κ3) is 47.2. The quantitative estimate of drug-likeness (QED) is 0.0263. The van der Waals surface area contributed by atoms with Gasteiger partial charge in [0.15, 0.2) is 6.10 Å². The first-order valence-electron chi connectivity index (χ1n) is 24.7. The van der Waals surface area contributed by atoms with Crippen LogP contribution < -0.4 is 0 Å². The number of allylic oxidation sites excluding steroid dienone is 16. The monoisotopic (exact) mass is 847 g/mol. The number of esters is 3. The summed E-state index contributed by atoms with van der Waals surface area (Å²) in [5.41, 5.74) is 0. The molecule has 0 heterocycles. The summed E-state index contributed by atoms with van der Waals surface area (Å²) in [4.78, 5) is 37.9. The molecule has 61 heavy (non-hydrogen) atoms. The molecule has 0 unspecified atom stereocenters. The Morgan fingerprint density at radius 3 is 1.05 bits per heavy atom. The maximum atomic E-state index is 12.8. The van der Waals surface area contributed by atoms with Gasteiger partial charge < -0.3 is 14.2 Å². The predicted molar refractivity (Wildman–Crippen MR) is 260 cm³/mol. The van der Waals surface area contributed by atoms with Crippen LogP contribution in [0.2, 0.25) is 0 Å². The van der Waals surface area contributed by atoms with Crippen molar-refractivity contribution >= 4 is 17.9 Å². The fourth-order valence-electron chi connectivity index (χ4n) is 6.38. The minimum atomic E-state index is -0.806. The average Bonchev–Trinajstić information content (AvgIpc) is 3.26. The summed E-state index contributed by atoms with van der Waals surface area (Å²) in [6.45, 7) is 6.32. The molecular weight excluding hydrogens is 757 g/mol. The van der Waals surface area contributed by atoms with Gasteiger partial charge in [0, 0.05) is 19.3 Å². The number of carbonyl (C=O) groups is 3. The lowest BCUT2D eigenvalue weighted by Gasteiger charge is -2.18. The highest BCUT2D eigenvalue weighted by atomic mass is 16.6. The number of hydrogen-bond acceptors (Lipinski definition) is 6. The van der Waals surface area contributed by atoms with Crippen LogP contribution in [-0.4, -0.2) is 37.2 Å². The summed E-state index contributed by atoms with van der Waals surface area (Å²) in [6, 6.07) is 0. The highest BCUT2D eigenvalue weighted by molar-refractivity contribution is 5.71. The van der Waals surface area contributed by atoms with Crippen LogP contribution >= 0.6 is 0 Å². The fraction of sp³-hybridized carbons (Fsp3) is 0.655. The Balaban J connectivity index is 4.50. The number of carbonyl (C=O) groups excluding carboxylic acids is 3. The molecule has 0 spiro atoms. The van der Waals surface area contributed by atoms with Gasteiger partial charge in [-0.15, -0.1) is 0 Å². The molecule has 0 fully saturated rings. The maximum absolute atomic E-state index is 12.8. The molecule has 1 atom stereocenters. The fourth-order valence-corrected chi connectivity index (χ4v) is 6.38. The van der Waals surface area contributed by atoms with Gasteiger partial charge in [-0.1, -0.05) is 176 Å². The van der Waals surface area contributed by atoms with Gasteiger partial charge in [0.25, 0.3) is 0 Å². The molecule has 0 saturated carbocycles. The SMILES string of the molecule is CC/C=C\C/C=C\C/C=C\C/C=C\CCCCC(=O)OC[C@H](COC(=O)CCCCCCC/C=C\C/C=C\C/C=C\CC)OC(=O)CCCCCCC/C=C\CCCCCC. The Hall–Kier alpha value is -3.67. The highest BCUT2D eigenvalue weighted by Crippen LogP contribution is 2.13. The molecule has 0 saturated heterocycles. The second-order valence-electron chi connectivity index (χ2n) is 16.0. The Morgan fingerprint density at radius 2 is 0.639 bits per heavy atom. The van der Waals surface area contributed by atoms with E-state index in [1.807, 2.05) is 0 Å². The summed E-state index contributed by atoms with van der Waals surface area (Å²) in [5, 5.41) is 0. The van der Waals surface area contributed by atoms with Gasteiger partial charge >= 0.3 is 17.9 Å². The number of ether oxygens (including phenoxy) is 3. The van der Waals surface area contributed by atoms with Gasteiger partial charge in [0.2, 0.25) is 0 Å². The zero-order valence-electron chi connectivity index (χ0n) is 39.4. The highest BCUT2D eigenvalue weighted by Gasteiger charge is 2.19. The molecule has 0 aromatic heterocycles. The molecule has 0 N–H and O–H groups in total. The van der Waals surface area contributed by atoms with Crippen molar-refractivity contribution in [2.75, 3.05) is 13.2 Å². The lowest BCUT2D eigenvalue weighted by Crippen LogP contribution is -2.30. The summed E-state index contributed by atoms with van der Waals surface area (Å²) in [7, 11) is 0. The molecule has 0 aromatic carbocycles. The van der Waals surface area contributed by atoms with Crippen LogP contribution in [0.3, 0.4) is 0 Å². The predicted octanol–water partition coefficient (Wildman–Crippen LogP) is 16.2. The second kappa shape index (κ2) is 49.0. The van der Waals surface area contributed by atoms with Gasteiger partial charge in [-0.05, 0) is 116 Å². The molecule has 0 aliphatic heterocycles. The zero-order chi connectivity index (χ0) is 44.4. The van der Waals surface area contributed by atoms with Crippen molar-refractivity contribution < 1.29 is 28.6 Å². The molecule has 346 valence electrons. The van der Waals surface area contributed by atoms with Crippen LogP contribution in [0.4, 0.5) is 0 Å². The van der Waals surface area contributed by atoms with Crippen LogP contribution in [0.1, 0.15) is 213 Å². The van der Waals surface area contributed by atoms with Gasteiger partial charge in [-0.3, -0.25) is 14.4 Å². The molecule has 6 nitrogen and oxygen atoms in total. The van der Waals surface area contributed by atoms with E-state index in [-0.39, 0.29) is 31.1 Å². The Labute approximate surface area is 375 Å². The molecular formula is C55H90O6. The largest absolute Gasteiger partial charge is 0.462 e. The maximum Gasteiger partial charge on any atom is 0.306 e. The van der Waals surface area contributed by atoms with Crippen molar-refractivity contribution in [2.45, 2.75) is 219 Å². The molecule has 0 bridgehead atoms. The van der Waals surface area contributed by atoms with Gasteiger partial charge in [-0.25, -0.2) is 0 Å². The van der Waals surface area contributed by atoms with E-state index in [2.05, 4.69) is 118 Å². The molecule has 0 amide bonds. The summed E-state index contributed by atoms with van der Waals surface area (Å²) in [5.74, 6) is -0.977. The minimum Gasteiger partial charge on any atom is -0.462 e. The van der Waals surface area contributed by atoms with Crippen LogP contribution in [-0.2, 0) is 28.6 Å². The van der Waals surface area contributed by atoms with E-state index >= 15 is 0 Å². The standard InChI is InChI=1S/C55H90O6/c1-4-7-10-13-16-19-22-25-27-30-32-35-38-41-44-47-53(56)59-50-52(61-55(58)49-46-43-40-37-34-29-24-21-18-15-12-9-6-3)51-60-54(57)48-45-42-39-36-33-31-28-26-23-20-17-14-11-8-5-2/h7-8,10-11,16-17,19-21,24-28,32,35,52H,4-6,9,12-15,18,22-23,29-31,33-34,36-51H2,1-3H3/b10-7-,11-8-,19-16-,20-17-,24-21-,27-25-,28-26-,35-32-/t52-/m1/s1. The number of rotatable bonds is 43. The summed E-state index contributed by atoms with van der Waals surface area (Å²) < 4.78 is 16.7. The Kier molecular flexibility index (Phi) is 46.0. The van der Waals surface area contributed by atoms with E-state index in [0.717, 1.165) is 135 Å². The van der Waals surface area contributed by atoms with Crippen molar-refractivity contribution in [1.29, 1.82) is 0 Å². The lowest BCUT2D eigenvalue weighted by atomic mass is 10.1. The first kappa shape index (κ1) is 57.3. The van der Waals surface area contributed by atoms with Gasteiger partial charge in [-0.2, -0.15) is 0 Å². The Morgan fingerprint density at radius 1 is 0.344 bits per heavy atom. The second-order valence-corrected chi connectivity index (χ2v) is 16.0. The first-order valence-corrected chi connectivity index (χ1v) is 24.7. The molecule has 0 aliphatic rings. The van der Waals surface area contributed by atoms with Crippen LogP contribution in [0.25, 0.3) is 0 Å². The van der Waals surface area contributed by atoms with Crippen molar-refractivity contribution in [3.8, 4) is 0 Å². The normalized spacial score (nSPS) is 12.9. The van der Waals surface area contributed by atoms with Crippen LogP contribution in [0.5, 0.6) is 0 Å². The van der Waals surface area contributed by atoms with E-state index in [9.17, 15) is 14.4 Å². The minimum absolute atomic E-state index is 0.104. The van der Waals surface area contributed by atoms with E-state index < -0.39 is 6.10 Å². The Bertz CT molecular complexity index is 1250. The summed E-state index contributed by atoms with van der Waals surface area (Å²) in [6.07, 6.45) is 63.9. The number of hydrogen-bond donors (Lipinski definition) is 0.